The van der Waals surface area contributed by atoms with Crippen LogP contribution in [0.3, 0.4) is 0 Å². The van der Waals surface area contributed by atoms with Gasteiger partial charge in [0.25, 0.3) is 0 Å². The zero-order valence-electron chi connectivity index (χ0n) is 12.2. The molecule has 1 aromatic rings. The molecule has 2 aliphatic rings. The molecule has 1 fully saturated rings. The van der Waals surface area contributed by atoms with Crippen LogP contribution in [0.5, 0.6) is 0 Å². The molecule has 4 heteroatoms. The molecule has 1 saturated heterocycles. The SMILES string of the molecule is CN1CCC(CN=C(N)Nc2ccc3c(c2)CCC3)C1. The summed E-state index contributed by atoms with van der Waals surface area (Å²) in [6.45, 7) is 3.14. The first-order valence-electron chi connectivity index (χ1n) is 7.58. The molecule has 0 spiro atoms. The fourth-order valence-corrected chi connectivity index (χ4v) is 3.24. The van der Waals surface area contributed by atoms with Gasteiger partial charge in [0.05, 0.1) is 0 Å². The quantitative estimate of drug-likeness (QED) is 0.652. The molecule has 3 rings (SSSR count). The summed E-state index contributed by atoms with van der Waals surface area (Å²) >= 11 is 0. The molecule has 0 aromatic heterocycles. The van der Waals surface area contributed by atoms with Crippen LogP contribution in [-0.2, 0) is 12.8 Å². The molecular formula is C16H24N4. The Morgan fingerprint density at radius 3 is 3.05 bits per heavy atom. The highest BCUT2D eigenvalue weighted by Crippen LogP contribution is 2.24. The average molecular weight is 272 g/mol. The third kappa shape index (κ3) is 3.12. The molecular weight excluding hydrogens is 248 g/mol. The average Bonchev–Trinajstić information content (AvgIpc) is 3.04. The standard InChI is InChI=1S/C16H24N4/c1-20-8-7-12(11-20)10-18-16(17)19-15-6-5-13-3-2-4-14(13)9-15/h5-6,9,12H,2-4,7-8,10-11H2,1H3,(H3,17,18,19). The summed E-state index contributed by atoms with van der Waals surface area (Å²) < 4.78 is 0. The third-order valence-electron chi connectivity index (χ3n) is 4.38. The molecule has 0 radical (unpaired) electrons. The molecule has 0 bridgehead atoms. The number of aryl methyl sites for hydroxylation is 2. The van der Waals surface area contributed by atoms with Gasteiger partial charge in [0.2, 0.25) is 0 Å². The minimum atomic E-state index is 0.539. The fraction of sp³-hybridized carbons (Fsp3) is 0.562. The molecule has 20 heavy (non-hydrogen) atoms. The van der Waals surface area contributed by atoms with Gasteiger partial charge in [0, 0.05) is 18.8 Å². The molecule has 0 saturated carbocycles. The van der Waals surface area contributed by atoms with Crippen molar-refractivity contribution in [3.8, 4) is 0 Å². The summed E-state index contributed by atoms with van der Waals surface area (Å²) in [5.74, 6) is 1.19. The van der Waals surface area contributed by atoms with Gasteiger partial charge in [0.1, 0.15) is 0 Å². The van der Waals surface area contributed by atoms with Gasteiger partial charge >= 0.3 is 0 Å². The van der Waals surface area contributed by atoms with Gasteiger partial charge in [-0.25, -0.2) is 0 Å². The molecule has 108 valence electrons. The van der Waals surface area contributed by atoms with Crippen molar-refractivity contribution >= 4 is 11.6 Å². The van der Waals surface area contributed by atoms with Crippen LogP contribution in [0.25, 0.3) is 0 Å². The fourth-order valence-electron chi connectivity index (χ4n) is 3.24. The van der Waals surface area contributed by atoms with Crippen LogP contribution in [0, 0.1) is 5.92 Å². The van der Waals surface area contributed by atoms with Gasteiger partial charge in [0.15, 0.2) is 5.96 Å². The summed E-state index contributed by atoms with van der Waals surface area (Å²) in [5, 5.41) is 3.22. The highest BCUT2D eigenvalue weighted by atomic mass is 15.1. The zero-order valence-corrected chi connectivity index (χ0v) is 12.2. The minimum Gasteiger partial charge on any atom is -0.370 e. The van der Waals surface area contributed by atoms with Gasteiger partial charge in [-0.05, 0) is 68.5 Å². The highest BCUT2D eigenvalue weighted by Gasteiger charge is 2.18. The Labute approximate surface area is 121 Å². The maximum absolute atomic E-state index is 5.99. The lowest BCUT2D eigenvalue weighted by atomic mass is 10.1. The van der Waals surface area contributed by atoms with Crippen LogP contribution in [-0.4, -0.2) is 37.5 Å². The van der Waals surface area contributed by atoms with E-state index in [0.717, 1.165) is 18.8 Å². The molecule has 1 aliphatic heterocycles. The number of aliphatic imine (C=N–C) groups is 1. The van der Waals surface area contributed by atoms with Gasteiger partial charge in [-0.1, -0.05) is 6.07 Å². The number of nitrogens with two attached hydrogens (primary N) is 1. The first-order chi connectivity index (χ1) is 9.70. The lowest BCUT2D eigenvalue weighted by Crippen LogP contribution is -2.24. The zero-order chi connectivity index (χ0) is 13.9. The van der Waals surface area contributed by atoms with Crippen molar-refractivity contribution in [3.63, 3.8) is 0 Å². The van der Waals surface area contributed by atoms with Gasteiger partial charge in [-0.15, -0.1) is 0 Å². The Morgan fingerprint density at radius 2 is 2.25 bits per heavy atom. The van der Waals surface area contributed by atoms with E-state index in [9.17, 15) is 0 Å². The summed E-state index contributed by atoms with van der Waals surface area (Å²) in [7, 11) is 2.16. The Bertz CT molecular complexity index is 509. The second-order valence-electron chi connectivity index (χ2n) is 6.10. The highest BCUT2D eigenvalue weighted by molar-refractivity contribution is 5.92. The Kier molecular flexibility index (Phi) is 3.92. The molecule has 1 aromatic carbocycles. The Morgan fingerprint density at radius 1 is 1.40 bits per heavy atom. The van der Waals surface area contributed by atoms with E-state index in [0.29, 0.717) is 11.9 Å². The van der Waals surface area contributed by atoms with Crippen molar-refractivity contribution in [2.24, 2.45) is 16.6 Å². The number of fused-ring (bicyclic) bond motifs is 1. The van der Waals surface area contributed by atoms with Crippen molar-refractivity contribution in [3.05, 3.63) is 29.3 Å². The monoisotopic (exact) mass is 272 g/mol. The van der Waals surface area contributed by atoms with Crippen LogP contribution in [0.4, 0.5) is 5.69 Å². The van der Waals surface area contributed by atoms with E-state index in [1.54, 1.807) is 0 Å². The third-order valence-corrected chi connectivity index (χ3v) is 4.38. The maximum Gasteiger partial charge on any atom is 0.193 e. The molecule has 0 amide bonds. The smallest absolute Gasteiger partial charge is 0.193 e. The molecule has 1 unspecified atom stereocenters. The van der Waals surface area contributed by atoms with E-state index in [-0.39, 0.29) is 0 Å². The lowest BCUT2D eigenvalue weighted by Gasteiger charge is -2.10. The van der Waals surface area contributed by atoms with Crippen molar-refractivity contribution in [1.82, 2.24) is 4.90 Å². The second kappa shape index (κ2) is 5.83. The number of nitrogens with zero attached hydrogens (tertiary/aromatic N) is 2. The number of nitrogens with one attached hydrogen (secondary N) is 1. The van der Waals surface area contributed by atoms with Crippen LogP contribution < -0.4 is 11.1 Å². The lowest BCUT2D eigenvalue weighted by molar-refractivity contribution is 0.397. The molecule has 3 N–H and O–H groups in total. The topological polar surface area (TPSA) is 53.6 Å². The molecule has 1 aliphatic carbocycles. The Hall–Kier alpha value is -1.55. The van der Waals surface area contributed by atoms with E-state index in [1.165, 1.54) is 43.4 Å². The van der Waals surface area contributed by atoms with Gasteiger partial charge in [-0.3, -0.25) is 4.99 Å². The number of benzene rings is 1. The van der Waals surface area contributed by atoms with Crippen molar-refractivity contribution in [1.29, 1.82) is 0 Å². The summed E-state index contributed by atoms with van der Waals surface area (Å²) in [5.41, 5.74) is 10.00. The van der Waals surface area contributed by atoms with Crippen LogP contribution in [0.1, 0.15) is 24.0 Å². The predicted octanol–water partition coefficient (Wildman–Crippen LogP) is 1.85. The van der Waals surface area contributed by atoms with Crippen LogP contribution >= 0.6 is 0 Å². The van der Waals surface area contributed by atoms with E-state index >= 15 is 0 Å². The first-order valence-corrected chi connectivity index (χ1v) is 7.58. The van der Waals surface area contributed by atoms with E-state index < -0.39 is 0 Å². The second-order valence-corrected chi connectivity index (χ2v) is 6.10. The number of hydrogen-bond acceptors (Lipinski definition) is 2. The maximum atomic E-state index is 5.99. The van der Waals surface area contributed by atoms with Crippen LogP contribution in [0.15, 0.2) is 23.2 Å². The summed E-state index contributed by atoms with van der Waals surface area (Å²) in [4.78, 5) is 6.84. The first kappa shape index (κ1) is 13.4. The van der Waals surface area contributed by atoms with E-state index in [4.69, 9.17) is 5.73 Å². The summed E-state index contributed by atoms with van der Waals surface area (Å²) in [6.07, 6.45) is 4.91. The number of anilines is 1. The number of rotatable bonds is 3. The number of likely N-dealkylation sites (tertiary alicyclic amines) is 1. The molecule has 1 heterocycles. The van der Waals surface area contributed by atoms with Crippen LogP contribution in [0.2, 0.25) is 0 Å². The van der Waals surface area contributed by atoms with Gasteiger partial charge < -0.3 is 16.0 Å². The van der Waals surface area contributed by atoms with Crippen molar-refractivity contribution in [2.75, 3.05) is 32.0 Å². The number of guanidine groups is 1. The largest absolute Gasteiger partial charge is 0.370 e. The normalized spacial score (nSPS) is 23.1. The predicted molar refractivity (Wildman–Crippen MR) is 84.2 cm³/mol. The van der Waals surface area contributed by atoms with Crippen molar-refractivity contribution in [2.45, 2.75) is 25.7 Å². The van der Waals surface area contributed by atoms with E-state index in [1.807, 2.05) is 0 Å². The summed E-state index contributed by atoms with van der Waals surface area (Å²) in [6, 6.07) is 6.54. The number of hydrogen-bond donors (Lipinski definition) is 2. The molecule has 4 nitrogen and oxygen atoms in total. The van der Waals surface area contributed by atoms with E-state index in [2.05, 4.69) is 40.5 Å². The van der Waals surface area contributed by atoms with Crippen molar-refractivity contribution < 1.29 is 0 Å². The minimum absolute atomic E-state index is 0.539. The molecule has 1 atom stereocenters. The Balaban J connectivity index is 1.56. The van der Waals surface area contributed by atoms with Gasteiger partial charge in [-0.2, -0.15) is 0 Å².